The smallest absolute Gasteiger partial charge is 0.255 e. The lowest BCUT2D eigenvalue weighted by atomic mass is 10.1. The first kappa shape index (κ1) is 15.7. The number of hydrogen-bond acceptors (Lipinski definition) is 2. The van der Waals surface area contributed by atoms with Gasteiger partial charge in [0, 0.05) is 21.6 Å². The summed E-state index contributed by atoms with van der Waals surface area (Å²) in [6.45, 7) is 0. The number of amides is 2. The number of halogens is 2. The molecule has 2 N–H and O–H groups in total. The van der Waals surface area contributed by atoms with Crippen molar-refractivity contribution < 1.29 is 9.59 Å². The predicted molar refractivity (Wildman–Crippen MR) is 89.6 cm³/mol. The maximum absolute atomic E-state index is 12.2. The second-order valence-electron chi connectivity index (χ2n) is 4.21. The SMILES string of the molecule is CNC(=O)c1cc(Br)cc(Br)c1NC(=O)c1ccccc1. The van der Waals surface area contributed by atoms with Crippen molar-refractivity contribution in [3.63, 3.8) is 0 Å². The topological polar surface area (TPSA) is 58.2 Å². The van der Waals surface area contributed by atoms with Gasteiger partial charge in [0.2, 0.25) is 0 Å². The molecule has 0 aliphatic carbocycles. The van der Waals surface area contributed by atoms with Crippen LogP contribution in [-0.4, -0.2) is 18.9 Å². The van der Waals surface area contributed by atoms with Gasteiger partial charge in [-0.1, -0.05) is 34.1 Å². The molecule has 0 saturated carbocycles. The molecule has 2 aromatic carbocycles. The van der Waals surface area contributed by atoms with Crippen molar-refractivity contribution in [2.45, 2.75) is 0 Å². The highest BCUT2D eigenvalue weighted by Gasteiger charge is 2.17. The maximum atomic E-state index is 12.2. The van der Waals surface area contributed by atoms with Gasteiger partial charge in [-0.2, -0.15) is 0 Å². The summed E-state index contributed by atoms with van der Waals surface area (Å²) in [4.78, 5) is 24.2. The molecule has 0 atom stereocenters. The molecule has 0 spiro atoms. The molecular formula is C15H12Br2N2O2. The van der Waals surface area contributed by atoms with Crippen LogP contribution in [0.3, 0.4) is 0 Å². The van der Waals surface area contributed by atoms with Crippen LogP contribution in [0.1, 0.15) is 20.7 Å². The molecule has 21 heavy (non-hydrogen) atoms. The van der Waals surface area contributed by atoms with Crippen LogP contribution in [0.25, 0.3) is 0 Å². The molecule has 0 aromatic heterocycles. The molecular weight excluding hydrogens is 400 g/mol. The highest BCUT2D eigenvalue weighted by molar-refractivity contribution is 9.11. The Morgan fingerprint density at radius 2 is 1.67 bits per heavy atom. The summed E-state index contributed by atoms with van der Waals surface area (Å²) in [5, 5.41) is 5.33. The van der Waals surface area contributed by atoms with E-state index in [9.17, 15) is 9.59 Å². The van der Waals surface area contributed by atoms with Gasteiger partial charge in [0.05, 0.1) is 11.3 Å². The average Bonchev–Trinajstić information content (AvgIpc) is 2.49. The zero-order valence-electron chi connectivity index (χ0n) is 11.1. The van der Waals surface area contributed by atoms with Crippen LogP contribution < -0.4 is 10.6 Å². The van der Waals surface area contributed by atoms with Gasteiger partial charge in [-0.3, -0.25) is 9.59 Å². The van der Waals surface area contributed by atoms with Gasteiger partial charge in [-0.15, -0.1) is 0 Å². The third-order valence-electron chi connectivity index (χ3n) is 2.80. The molecule has 0 saturated heterocycles. The van der Waals surface area contributed by atoms with E-state index in [1.54, 1.807) is 43.4 Å². The summed E-state index contributed by atoms with van der Waals surface area (Å²) in [5.41, 5.74) is 1.34. The molecule has 0 unspecified atom stereocenters. The lowest BCUT2D eigenvalue weighted by Crippen LogP contribution is -2.22. The first-order chi connectivity index (χ1) is 10.0. The van der Waals surface area contributed by atoms with E-state index in [-0.39, 0.29) is 11.8 Å². The summed E-state index contributed by atoms with van der Waals surface area (Å²) in [5.74, 6) is -0.552. The quantitative estimate of drug-likeness (QED) is 0.806. The molecule has 0 fully saturated rings. The highest BCUT2D eigenvalue weighted by Crippen LogP contribution is 2.31. The van der Waals surface area contributed by atoms with Crippen LogP contribution in [0.15, 0.2) is 51.4 Å². The fourth-order valence-electron chi connectivity index (χ4n) is 1.79. The van der Waals surface area contributed by atoms with E-state index < -0.39 is 0 Å². The Hall–Kier alpha value is -1.66. The number of anilines is 1. The van der Waals surface area contributed by atoms with E-state index in [1.165, 1.54) is 0 Å². The summed E-state index contributed by atoms with van der Waals surface area (Å²) < 4.78 is 1.37. The van der Waals surface area contributed by atoms with Crippen molar-refractivity contribution in [3.8, 4) is 0 Å². The Bertz CT molecular complexity index is 688. The molecule has 0 aliphatic rings. The van der Waals surface area contributed by atoms with Crippen LogP contribution >= 0.6 is 31.9 Å². The molecule has 108 valence electrons. The Morgan fingerprint density at radius 3 is 2.29 bits per heavy atom. The molecule has 0 radical (unpaired) electrons. The molecule has 6 heteroatoms. The van der Waals surface area contributed by atoms with Crippen molar-refractivity contribution in [2.24, 2.45) is 0 Å². The van der Waals surface area contributed by atoms with Gasteiger partial charge >= 0.3 is 0 Å². The monoisotopic (exact) mass is 410 g/mol. The average molecular weight is 412 g/mol. The molecule has 2 aromatic rings. The lowest BCUT2D eigenvalue weighted by molar-refractivity contribution is 0.0964. The van der Waals surface area contributed by atoms with Crippen molar-refractivity contribution in [2.75, 3.05) is 12.4 Å². The zero-order chi connectivity index (χ0) is 15.4. The second-order valence-corrected chi connectivity index (χ2v) is 5.98. The fraction of sp³-hybridized carbons (Fsp3) is 0.0667. The molecule has 0 aliphatic heterocycles. The van der Waals surface area contributed by atoms with Crippen molar-refractivity contribution >= 4 is 49.4 Å². The maximum Gasteiger partial charge on any atom is 0.255 e. The van der Waals surface area contributed by atoms with Gasteiger partial charge in [-0.25, -0.2) is 0 Å². The molecule has 0 bridgehead atoms. The highest BCUT2D eigenvalue weighted by atomic mass is 79.9. The minimum atomic E-state index is -0.277. The van der Waals surface area contributed by atoms with Crippen LogP contribution in [0.5, 0.6) is 0 Å². The van der Waals surface area contributed by atoms with Gasteiger partial charge in [0.1, 0.15) is 0 Å². The summed E-state index contributed by atoms with van der Waals surface area (Å²) in [7, 11) is 1.54. The number of hydrogen-bond donors (Lipinski definition) is 2. The molecule has 0 heterocycles. The van der Waals surface area contributed by atoms with Crippen molar-refractivity contribution in [1.29, 1.82) is 0 Å². The summed E-state index contributed by atoms with van der Waals surface area (Å²) in [6.07, 6.45) is 0. The Kier molecular flexibility index (Phi) is 5.14. The summed E-state index contributed by atoms with van der Waals surface area (Å²) in [6, 6.07) is 12.2. The van der Waals surface area contributed by atoms with E-state index in [4.69, 9.17) is 0 Å². The van der Waals surface area contributed by atoms with Crippen LogP contribution in [-0.2, 0) is 0 Å². The van der Waals surface area contributed by atoms with Crippen molar-refractivity contribution in [3.05, 3.63) is 62.5 Å². The van der Waals surface area contributed by atoms with Crippen molar-refractivity contribution in [1.82, 2.24) is 5.32 Å². The largest absolute Gasteiger partial charge is 0.355 e. The standard InChI is InChI=1S/C15H12Br2N2O2/c1-18-15(21)11-7-10(16)8-12(17)13(11)19-14(20)9-5-3-2-4-6-9/h2-8H,1H3,(H,18,21)(H,19,20). The zero-order valence-corrected chi connectivity index (χ0v) is 14.3. The predicted octanol–water partition coefficient (Wildman–Crippen LogP) is 3.82. The molecule has 4 nitrogen and oxygen atoms in total. The van der Waals surface area contributed by atoms with Gasteiger partial charge in [0.25, 0.3) is 11.8 Å². The van der Waals surface area contributed by atoms with Gasteiger partial charge in [0.15, 0.2) is 0 Å². The van der Waals surface area contributed by atoms with E-state index in [1.807, 2.05) is 6.07 Å². The van der Waals surface area contributed by atoms with E-state index >= 15 is 0 Å². The third-order valence-corrected chi connectivity index (χ3v) is 3.88. The van der Waals surface area contributed by atoms with Crippen LogP contribution in [0.2, 0.25) is 0 Å². The number of nitrogens with one attached hydrogen (secondary N) is 2. The van der Waals surface area contributed by atoms with Crippen LogP contribution in [0, 0.1) is 0 Å². The normalized spacial score (nSPS) is 10.0. The Balaban J connectivity index is 2.40. The number of benzene rings is 2. The van der Waals surface area contributed by atoms with E-state index in [2.05, 4.69) is 42.5 Å². The summed E-state index contributed by atoms with van der Waals surface area (Å²) >= 11 is 6.70. The first-order valence-corrected chi connectivity index (χ1v) is 7.69. The van der Waals surface area contributed by atoms with Crippen LogP contribution in [0.4, 0.5) is 5.69 Å². The first-order valence-electron chi connectivity index (χ1n) is 6.10. The molecule has 2 amide bonds. The number of carbonyl (C=O) groups is 2. The van der Waals surface area contributed by atoms with Gasteiger partial charge < -0.3 is 10.6 Å². The van der Waals surface area contributed by atoms with E-state index in [0.29, 0.717) is 21.3 Å². The third kappa shape index (κ3) is 3.71. The minimum absolute atomic E-state index is 0.274. The Morgan fingerprint density at radius 1 is 1.00 bits per heavy atom. The fourth-order valence-corrected chi connectivity index (χ4v) is 3.11. The Labute approximate surface area is 139 Å². The minimum Gasteiger partial charge on any atom is -0.355 e. The van der Waals surface area contributed by atoms with E-state index in [0.717, 1.165) is 4.47 Å². The van der Waals surface area contributed by atoms with Gasteiger partial charge in [-0.05, 0) is 40.2 Å². The second kappa shape index (κ2) is 6.87. The molecule has 2 rings (SSSR count). The lowest BCUT2D eigenvalue weighted by Gasteiger charge is -2.13. The number of carbonyl (C=O) groups excluding carboxylic acids is 2. The number of rotatable bonds is 3.